The van der Waals surface area contributed by atoms with Gasteiger partial charge < -0.3 is 14.6 Å². The highest BCUT2D eigenvalue weighted by molar-refractivity contribution is 5.83. The monoisotopic (exact) mass is 306 g/mol. The van der Waals surface area contributed by atoms with Crippen LogP contribution in [0.25, 0.3) is 10.9 Å². The first-order valence-corrected chi connectivity index (χ1v) is 8.25. The van der Waals surface area contributed by atoms with Gasteiger partial charge in [-0.2, -0.15) is 0 Å². The fourth-order valence-electron chi connectivity index (χ4n) is 3.47. The number of hydrogen-bond acceptors (Lipinski definition) is 2. The van der Waals surface area contributed by atoms with Gasteiger partial charge in [-0.05, 0) is 67.6 Å². The Bertz CT molecular complexity index is 850. The molecule has 0 fully saturated rings. The number of rotatable bonds is 3. The van der Waals surface area contributed by atoms with Crippen molar-refractivity contribution in [1.82, 2.24) is 4.98 Å². The average Bonchev–Trinajstić information content (AvgIpc) is 3.11. The van der Waals surface area contributed by atoms with E-state index in [0.29, 0.717) is 6.04 Å². The Kier molecular flexibility index (Phi) is 3.29. The normalized spacial score (nSPS) is 17.0. The van der Waals surface area contributed by atoms with Gasteiger partial charge in [0.2, 0.25) is 0 Å². The van der Waals surface area contributed by atoms with Gasteiger partial charge in [-0.1, -0.05) is 12.1 Å². The zero-order valence-corrected chi connectivity index (χ0v) is 13.8. The van der Waals surface area contributed by atoms with Crippen molar-refractivity contribution in [2.45, 2.75) is 39.5 Å². The van der Waals surface area contributed by atoms with Crippen molar-refractivity contribution in [2.75, 3.05) is 4.90 Å². The van der Waals surface area contributed by atoms with Crippen molar-refractivity contribution in [3.05, 3.63) is 59.8 Å². The molecule has 1 N–H and O–H groups in total. The molecule has 1 atom stereocenters. The summed E-state index contributed by atoms with van der Waals surface area (Å²) in [6.45, 7) is 7.34. The molecule has 2 aromatic carbocycles. The van der Waals surface area contributed by atoms with E-state index in [0.717, 1.165) is 12.3 Å². The number of aromatic nitrogens is 1. The minimum Gasteiger partial charge on any atom is -0.491 e. The van der Waals surface area contributed by atoms with Crippen LogP contribution in [0.3, 0.4) is 0 Å². The first-order valence-electron chi connectivity index (χ1n) is 8.25. The molecule has 1 aromatic heterocycles. The SMILES string of the molecule is CC(C)Oc1ccc2c(c1)C(C)N(c1ccc3cc[nH]c3c1)C2. The quantitative estimate of drug-likeness (QED) is 0.734. The third-order valence-corrected chi connectivity index (χ3v) is 4.62. The smallest absolute Gasteiger partial charge is 0.120 e. The highest BCUT2D eigenvalue weighted by Gasteiger charge is 2.27. The summed E-state index contributed by atoms with van der Waals surface area (Å²) in [5.74, 6) is 0.965. The number of aromatic amines is 1. The maximum absolute atomic E-state index is 5.85. The Hall–Kier alpha value is -2.42. The summed E-state index contributed by atoms with van der Waals surface area (Å²) < 4.78 is 5.85. The minimum atomic E-state index is 0.205. The first kappa shape index (κ1) is 14.2. The predicted octanol–water partition coefficient (Wildman–Crippen LogP) is 5.04. The number of fused-ring (bicyclic) bond motifs is 2. The number of benzene rings is 2. The number of nitrogens with zero attached hydrogens (tertiary/aromatic N) is 1. The molecule has 0 aliphatic carbocycles. The number of anilines is 1. The molecule has 4 rings (SSSR count). The first-order chi connectivity index (χ1) is 11.1. The molecular formula is C20H22N2O. The number of nitrogens with one attached hydrogen (secondary N) is 1. The second kappa shape index (κ2) is 5.34. The van der Waals surface area contributed by atoms with Crippen molar-refractivity contribution in [3.8, 4) is 5.75 Å². The van der Waals surface area contributed by atoms with Gasteiger partial charge in [0.05, 0.1) is 12.1 Å². The Morgan fingerprint density at radius 1 is 1.13 bits per heavy atom. The Morgan fingerprint density at radius 3 is 2.83 bits per heavy atom. The maximum Gasteiger partial charge on any atom is 0.120 e. The molecule has 3 heteroatoms. The van der Waals surface area contributed by atoms with Crippen LogP contribution in [0, 0.1) is 0 Å². The second-order valence-corrected chi connectivity index (χ2v) is 6.58. The lowest BCUT2D eigenvalue weighted by Gasteiger charge is -2.24. The molecule has 0 bridgehead atoms. The van der Waals surface area contributed by atoms with Gasteiger partial charge in [-0.25, -0.2) is 0 Å². The van der Waals surface area contributed by atoms with E-state index < -0.39 is 0 Å². The van der Waals surface area contributed by atoms with Crippen molar-refractivity contribution < 1.29 is 4.74 Å². The lowest BCUT2D eigenvalue weighted by atomic mass is 10.1. The fraction of sp³-hybridized carbons (Fsp3) is 0.300. The highest BCUT2D eigenvalue weighted by atomic mass is 16.5. The van der Waals surface area contributed by atoms with Crippen LogP contribution in [0.4, 0.5) is 5.69 Å². The summed E-state index contributed by atoms with van der Waals surface area (Å²) in [5, 5.41) is 1.26. The van der Waals surface area contributed by atoms with E-state index in [1.54, 1.807) is 0 Å². The Labute approximate surface area is 136 Å². The van der Waals surface area contributed by atoms with Gasteiger partial charge in [0.15, 0.2) is 0 Å². The summed E-state index contributed by atoms with van der Waals surface area (Å²) in [6.07, 6.45) is 2.20. The van der Waals surface area contributed by atoms with E-state index in [1.165, 1.54) is 27.7 Å². The van der Waals surface area contributed by atoms with Gasteiger partial charge in [0.25, 0.3) is 0 Å². The van der Waals surface area contributed by atoms with Crippen LogP contribution in [0.15, 0.2) is 48.7 Å². The molecule has 118 valence electrons. The molecule has 0 radical (unpaired) electrons. The lowest BCUT2D eigenvalue weighted by molar-refractivity contribution is 0.242. The van der Waals surface area contributed by atoms with Crippen molar-refractivity contribution in [3.63, 3.8) is 0 Å². The van der Waals surface area contributed by atoms with Crippen LogP contribution in [-0.2, 0) is 6.54 Å². The summed E-state index contributed by atoms with van der Waals surface area (Å²) in [4.78, 5) is 5.75. The third kappa shape index (κ3) is 2.46. The van der Waals surface area contributed by atoms with Gasteiger partial charge in [-0.3, -0.25) is 0 Å². The molecular weight excluding hydrogens is 284 g/mol. The lowest BCUT2D eigenvalue weighted by Crippen LogP contribution is -2.18. The largest absolute Gasteiger partial charge is 0.491 e. The molecule has 0 saturated carbocycles. The van der Waals surface area contributed by atoms with E-state index in [2.05, 4.69) is 73.1 Å². The zero-order chi connectivity index (χ0) is 16.0. The third-order valence-electron chi connectivity index (χ3n) is 4.62. The molecule has 1 aliphatic rings. The van der Waals surface area contributed by atoms with Gasteiger partial charge in [0, 0.05) is 23.9 Å². The van der Waals surface area contributed by atoms with Crippen LogP contribution in [0.1, 0.15) is 37.9 Å². The van der Waals surface area contributed by atoms with Crippen LogP contribution in [0.2, 0.25) is 0 Å². The van der Waals surface area contributed by atoms with Crippen molar-refractivity contribution >= 4 is 16.6 Å². The van der Waals surface area contributed by atoms with Crippen LogP contribution < -0.4 is 9.64 Å². The fourth-order valence-corrected chi connectivity index (χ4v) is 3.47. The maximum atomic E-state index is 5.85. The molecule has 0 amide bonds. The molecule has 0 spiro atoms. The molecule has 23 heavy (non-hydrogen) atoms. The van der Waals surface area contributed by atoms with Crippen molar-refractivity contribution in [2.24, 2.45) is 0 Å². The summed E-state index contributed by atoms with van der Waals surface area (Å²) >= 11 is 0. The van der Waals surface area contributed by atoms with Crippen LogP contribution >= 0.6 is 0 Å². The highest BCUT2D eigenvalue weighted by Crippen LogP contribution is 2.39. The van der Waals surface area contributed by atoms with E-state index in [9.17, 15) is 0 Å². The minimum absolute atomic E-state index is 0.205. The van der Waals surface area contributed by atoms with E-state index in [4.69, 9.17) is 4.74 Å². The van der Waals surface area contributed by atoms with Crippen LogP contribution in [-0.4, -0.2) is 11.1 Å². The second-order valence-electron chi connectivity index (χ2n) is 6.58. The van der Waals surface area contributed by atoms with Crippen molar-refractivity contribution in [1.29, 1.82) is 0 Å². The number of H-pyrrole nitrogens is 1. The summed E-state index contributed by atoms with van der Waals surface area (Å²) in [7, 11) is 0. The molecule has 3 nitrogen and oxygen atoms in total. The molecule has 2 heterocycles. The average molecular weight is 306 g/mol. The zero-order valence-electron chi connectivity index (χ0n) is 13.8. The van der Waals surface area contributed by atoms with Crippen LogP contribution in [0.5, 0.6) is 5.75 Å². The molecule has 1 unspecified atom stereocenters. The van der Waals surface area contributed by atoms with E-state index in [-0.39, 0.29) is 6.10 Å². The van der Waals surface area contributed by atoms with Gasteiger partial charge >= 0.3 is 0 Å². The summed E-state index contributed by atoms with van der Waals surface area (Å²) in [5.41, 5.74) is 5.21. The number of ether oxygens (including phenoxy) is 1. The molecule has 0 saturated heterocycles. The Morgan fingerprint density at radius 2 is 2.00 bits per heavy atom. The van der Waals surface area contributed by atoms with Gasteiger partial charge in [-0.15, -0.1) is 0 Å². The summed E-state index contributed by atoms with van der Waals surface area (Å²) in [6, 6.07) is 15.6. The molecule has 1 aliphatic heterocycles. The molecule has 3 aromatic rings. The number of hydrogen-bond donors (Lipinski definition) is 1. The standard InChI is InChI=1S/C20H22N2O/c1-13(2)23-18-7-5-16-12-22(14(3)19(16)11-18)17-6-4-15-8-9-21-20(15)10-17/h4-11,13-14,21H,12H2,1-3H3. The Balaban J connectivity index is 1.66. The van der Waals surface area contributed by atoms with E-state index in [1.807, 2.05) is 6.20 Å². The van der Waals surface area contributed by atoms with E-state index >= 15 is 0 Å². The topological polar surface area (TPSA) is 28.3 Å². The predicted molar refractivity (Wildman–Crippen MR) is 95.1 cm³/mol. The van der Waals surface area contributed by atoms with Gasteiger partial charge in [0.1, 0.15) is 5.75 Å².